The minimum absolute atomic E-state index is 0.000560. The summed E-state index contributed by atoms with van der Waals surface area (Å²) in [6, 6.07) is 13.3. The maximum atomic E-state index is 9.61. The molecule has 1 aromatic carbocycles. The van der Waals surface area contributed by atoms with Gasteiger partial charge in [-0.05, 0) is 29.3 Å². The van der Waals surface area contributed by atoms with Crippen LogP contribution in [-0.2, 0) is 5.75 Å². The zero-order valence-electron chi connectivity index (χ0n) is 15.0. The van der Waals surface area contributed by atoms with Crippen molar-refractivity contribution in [3.05, 3.63) is 82.0 Å². The van der Waals surface area contributed by atoms with Gasteiger partial charge in [0.2, 0.25) is 11.8 Å². The van der Waals surface area contributed by atoms with Gasteiger partial charge in [-0.15, -0.1) is 0 Å². The Bertz CT molecular complexity index is 1130. The lowest BCUT2D eigenvalue weighted by molar-refractivity contribution is 0.372. The number of hydrogen-bond acceptors (Lipinski definition) is 8. The van der Waals surface area contributed by atoms with E-state index in [0.717, 1.165) is 11.1 Å². The summed E-state index contributed by atoms with van der Waals surface area (Å²) in [5.74, 6) is 0.591. The van der Waals surface area contributed by atoms with Gasteiger partial charge in [0, 0.05) is 23.2 Å². The highest BCUT2D eigenvalue weighted by Gasteiger charge is 2.34. The van der Waals surface area contributed by atoms with E-state index in [-0.39, 0.29) is 23.2 Å². The molecule has 0 saturated carbocycles. The molecule has 0 saturated heterocycles. The molecule has 0 unspecified atom stereocenters. The summed E-state index contributed by atoms with van der Waals surface area (Å²) in [5.41, 5.74) is 14.9. The van der Waals surface area contributed by atoms with Crippen LogP contribution in [0.25, 0.3) is 0 Å². The first-order valence-corrected chi connectivity index (χ1v) is 9.95. The summed E-state index contributed by atoms with van der Waals surface area (Å²) >= 11 is 7.33. The SMILES string of the molecule is N#CC1=C(N)Oc2nc(SCc3ccc(Cl)cc3)nc(N)c2[C@@H]1c1cccnc1. The third-order valence-corrected chi connectivity index (χ3v) is 5.56. The van der Waals surface area contributed by atoms with Gasteiger partial charge in [0.1, 0.15) is 17.5 Å². The van der Waals surface area contributed by atoms with Crippen LogP contribution in [0.5, 0.6) is 5.88 Å². The van der Waals surface area contributed by atoms with Crippen LogP contribution in [0.3, 0.4) is 0 Å². The van der Waals surface area contributed by atoms with Crippen LogP contribution in [0.2, 0.25) is 5.02 Å². The first kappa shape index (κ1) is 19.1. The molecule has 4 rings (SSSR count). The number of hydrogen-bond donors (Lipinski definition) is 2. The van der Waals surface area contributed by atoms with Gasteiger partial charge < -0.3 is 16.2 Å². The van der Waals surface area contributed by atoms with Gasteiger partial charge in [-0.25, -0.2) is 4.98 Å². The summed E-state index contributed by atoms with van der Waals surface area (Å²) in [4.78, 5) is 13.0. The fourth-order valence-corrected chi connectivity index (χ4v) is 3.96. The lowest BCUT2D eigenvalue weighted by Gasteiger charge is -2.26. The van der Waals surface area contributed by atoms with Crippen molar-refractivity contribution in [2.45, 2.75) is 16.8 Å². The number of nitrogens with two attached hydrogens (primary N) is 2. The number of halogens is 1. The van der Waals surface area contributed by atoms with Gasteiger partial charge in [0.25, 0.3) is 0 Å². The summed E-state index contributed by atoms with van der Waals surface area (Å²) in [7, 11) is 0. The molecule has 1 atom stereocenters. The number of thioether (sulfide) groups is 1. The molecule has 144 valence electrons. The van der Waals surface area contributed by atoms with Crippen molar-refractivity contribution in [1.82, 2.24) is 15.0 Å². The lowest BCUT2D eigenvalue weighted by Crippen LogP contribution is -2.23. The zero-order valence-corrected chi connectivity index (χ0v) is 16.6. The fraction of sp³-hybridized carbons (Fsp3) is 0.100. The average molecular weight is 423 g/mol. The van der Waals surface area contributed by atoms with E-state index in [2.05, 4.69) is 21.0 Å². The monoisotopic (exact) mass is 422 g/mol. The number of fused-ring (bicyclic) bond motifs is 1. The maximum Gasteiger partial charge on any atom is 0.231 e. The summed E-state index contributed by atoms with van der Waals surface area (Å²) < 4.78 is 5.63. The van der Waals surface area contributed by atoms with E-state index in [9.17, 15) is 5.26 Å². The molecule has 9 heteroatoms. The molecule has 0 fully saturated rings. The predicted molar refractivity (Wildman–Crippen MR) is 111 cm³/mol. The van der Waals surface area contributed by atoms with Gasteiger partial charge in [0.05, 0.1) is 11.5 Å². The number of ether oxygens (including phenoxy) is 1. The molecule has 0 spiro atoms. The molecule has 0 amide bonds. The first-order valence-electron chi connectivity index (χ1n) is 8.59. The van der Waals surface area contributed by atoms with Crippen molar-refractivity contribution in [2.24, 2.45) is 5.73 Å². The van der Waals surface area contributed by atoms with E-state index in [1.54, 1.807) is 18.5 Å². The molecule has 2 aromatic heterocycles. The fourth-order valence-electron chi connectivity index (χ4n) is 3.03. The van der Waals surface area contributed by atoms with Crippen molar-refractivity contribution in [1.29, 1.82) is 5.26 Å². The van der Waals surface area contributed by atoms with Crippen molar-refractivity contribution in [3.63, 3.8) is 0 Å². The first-order chi connectivity index (χ1) is 14.1. The Hall–Kier alpha value is -3.28. The third-order valence-electron chi connectivity index (χ3n) is 4.39. The maximum absolute atomic E-state index is 9.61. The Labute approximate surface area is 176 Å². The number of nitriles is 1. The molecule has 3 heterocycles. The van der Waals surface area contributed by atoms with E-state index in [1.807, 2.05) is 30.3 Å². The Morgan fingerprint density at radius 1 is 1.17 bits per heavy atom. The van der Waals surface area contributed by atoms with Crippen molar-refractivity contribution in [3.8, 4) is 11.9 Å². The Balaban J connectivity index is 1.70. The lowest BCUT2D eigenvalue weighted by atomic mass is 9.85. The van der Waals surface area contributed by atoms with Crippen LogP contribution in [0.1, 0.15) is 22.6 Å². The topological polar surface area (TPSA) is 124 Å². The molecular formula is C20H15ClN6OS. The van der Waals surface area contributed by atoms with E-state index < -0.39 is 5.92 Å². The van der Waals surface area contributed by atoms with Gasteiger partial charge >= 0.3 is 0 Å². The molecule has 0 radical (unpaired) electrons. The molecule has 4 N–H and O–H groups in total. The van der Waals surface area contributed by atoms with Crippen LogP contribution in [0.15, 0.2) is 65.4 Å². The van der Waals surface area contributed by atoms with Gasteiger partial charge in [0.15, 0.2) is 5.16 Å². The third kappa shape index (κ3) is 3.83. The number of allylic oxidation sites excluding steroid dienone is 1. The second kappa shape index (κ2) is 7.99. The molecule has 7 nitrogen and oxygen atoms in total. The number of anilines is 1. The van der Waals surface area contributed by atoms with E-state index in [0.29, 0.717) is 21.5 Å². The average Bonchev–Trinajstić information content (AvgIpc) is 2.73. The van der Waals surface area contributed by atoms with Crippen molar-refractivity contribution < 1.29 is 4.74 Å². The second-order valence-electron chi connectivity index (χ2n) is 6.24. The number of benzene rings is 1. The molecule has 1 aliphatic rings. The van der Waals surface area contributed by atoms with Crippen molar-refractivity contribution in [2.75, 3.05) is 5.73 Å². The van der Waals surface area contributed by atoms with Crippen molar-refractivity contribution >= 4 is 29.2 Å². The summed E-state index contributed by atoms with van der Waals surface area (Å²) in [6.45, 7) is 0. The Kier molecular flexibility index (Phi) is 5.25. The van der Waals surface area contributed by atoms with Crippen LogP contribution in [0, 0.1) is 11.3 Å². The van der Waals surface area contributed by atoms with E-state index >= 15 is 0 Å². The minimum Gasteiger partial charge on any atom is -0.422 e. The Morgan fingerprint density at radius 2 is 1.97 bits per heavy atom. The molecule has 0 aliphatic carbocycles. The zero-order chi connectivity index (χ0) is 20.4. The van der Waals surface area contributed by atoms with Crippen LogP contribution < -0.4 is 16.2 Å². The quantitative estimate of drug-likeness (QED) is 0.482. The highest BCUT2D eigenvalue weighted by molar-refractivity contribution is 7.98. The molecule has 29 heavy (non-hydrogen) atoms. The van der Waals surface area contributed by atoms with Crippen LogP contribution in [0.4, 0.5) is 5.82 Å². The standard InChI is InChI=1S/C20H15ClN6OS/c21-13-5-3-11(4-6-13)10-29-20-26-17(23)16-15(12-2-1-7-25-9-12)14(8-22)18(24)28-19(16)27-20/h1-7,9,15H,10,24H2,(H2,23,26,27)/t15-/m1/s1. The molecule has 0 bridgehead atoms. The second-order valence-corrected chi connectivity index (χ2v) is 7.62. The Morgan fingerprint density at radius 3 is 2.66 bits per heavy atom. The molecular weight excluding hydrogens is 408 g/mol. The number of nitrogens with zero attached hydrogens (tertiary/aromatic N) is 4. The normalized spacial score (nSPS) is 15.4. The minimum atomic E-state index is -0.534. The number of rotatable bonds is 4. The predicted octanol–water partition coefficient (Wildman–Crippen LogP) is 3.62. The molecule has 1 aliphatic heterocycles. The summed E-state index contributed by atoms with van der Waals surface area (Å²) in [6.07, 6.45) is 3.31. The van der Waals surface area contributed by atoms with E-state index in [1.165, 1.54) is 11.8 Å². The number of pyridine rings is 1. The largest absolute Gasteiger partial charge is 0.422 e. The number of nitrogen functional groups attached to an aromatic ring is 1. The highest BCUT2D eigenvalue weighted by Crippen LogP contribution is 2.44. The van der Waals surface area contributed by atoms with Gasteiger partial charge in [-0.3, -0.25) is 4.98 Å². The molecule has 3 aromatic rings. The van der Waals surface area contributed by atoms with Crippen LogP contribution in [-0.4, -0.2) is 15.0 Å². The highest BCUT2D eigenvalue weighted by atomic mass is 35.5. The van der Waals surface area contributed by atoms with Gasteiger partial charge in [-0.1, -0.05) is 41.6 Å². The number of aromatic nitrogens is 3. The van der Waals surface area contributed by atoms with E-state index in [4.69, 9.17) is 27.8 Å². The smallest absolute Gasteiger partial charge is 0.231 e. The van der Waals surface area contributed by atoms with Gasteiger partial charge in [-0.2, -0.15) is 10.2 Å². The summed E-state index contributed by atoms with van der Waals surface area (Å²) in [5, 5.41) is 10.7. The van der Waals surface area contributed by atoms with Crippen LogP contribution >= 0.6 is 23.4 Å².